The Kier molecular flexibility index (Phi) is 6.71. The van der Waals surface area contributed by atoms with Gasteiger partial charge >= 0.3 is 0 Å². The van der Waals surface area contributed by atoms with Crippen LogP contribution in [0.4, 0.5) is 11.4 Å². The normalized spacial score (nSPS) is 11.1. The molecule has 0 aliphatic heterocycles. The molecule has 0 aliphatic carbocycles. The lowest BCUT2D eigenvalue weighted by atomic mass is 10.1. The number of aryl methyl sites for hydroxylation is 2. The molecule has 5 nitrogen and oxygen atoms in total. The Bertz CT molecular complexity index is 1100. The van der Waals surface area contributed by atoms with E-state index in [9.17, 15) is 13.2 Å². The highest BCUT2D eigenvalue weighted by atomic mass is 79.9. The zero-order chi connectivity index (χ0) is 20.9. The van der Waals surface area contributed by atoms with Gasteiger partial charge in [0.2, 0.25) is 5.91 Å². The fraction of sp³-hybridized carbons (Fsp3) is 0.136. The number of amides is 1. The van der Waals surface area contributed by atoms with Crippen LogP contribution in [-0.2, 0) is 21.2 Å². The monoisotopic (exact) mass is 472 g/mol. The molecule has 0 fully saturated rings. The van der Waals surface area contributed by atoms with Gasteiger partial charge in [-0.25, -0.2) is 8.42 Å². The number of carbonyl (C=O) groups is 1. The second-order valence-electron chi connectivity index (χ2n) is 6.67. The summed E-state index contributed by atoms with van der Waals surface area (Å²) in [5.41, 5.74) is 3.20. The van der Waals surface area contributed by atoms with Gasteiger partial charge in [-0.3, -0.25) is 9.52 Å². The summed E-state index contributed by atoms with van der Waals surface area (Å²) < 4.78 is 28.5. The van der Waals surface area contributed by atoms with Crippen molar-refractivity contribution in [2.45, 2.75) is 24.7 Å². The molecular weight excluding hydrogens is 452 g/mol. The second-order valence-corrected chi connectivity index (χ2v) is 9.27. The van der Waals surface area contributed by atoms with Crippen LogP contribution < -0.4 is 10.0 Å². The lowest BCUT2D eigenvalue weighted by molar-refractivity contribution is -0.116. The molecule has 3 aromatic carbocycles. The molecular formula is C22H21BrN2O3S. The third-order valence-corrected chi connectivity index (χ3v) is 6.18. The summed E-state index contributed by atoms with van der Waals surface area (Å²) in [6.45, 7) is 1.94. The number of anilines is 2. The van der Waals surface area contributed by atoms with Gasteiger partial charge in [0.15, 0.2) is 0 Å². The largest absolute Gasteiger partial charge is 0.326 e. The third-order valence-electron chi connectivity index (χ3n) is 4.29. The van der Waals surface area contributed by atoms with Crippen molar-refractivity contribution >= 4 is 43.2 Å². The van der Waals surface area contributed by atoms with Crippen molar-refractivity contribution in [1.29, 1.82) is 0 Å². The van der Waals surface area contributed by atoms with Crippen LogP contribution >= 0.6 is 15.9 Å². The molecule has 3 aromatic rings. The number of carbonyl (C=O) groups excluding carboxylic acids is 1. The topological polar surface area (TPSA) is 75.3 Å². The van der Waals surface area contributed by atoms with Crippen LogP contribution in [0, 0.1) is 6.92 Å². The predicted octanol–water partition coefficient (Wildman–Crippen LogP) is 5.13. The van der Waals surface area contributed by atoms with Crippen molar-refractivity contribution < 1.29 is 13.2 Å². The fourth-order valence-electron chi connectivity index (χ4n) is 2.72. The van der Waals surface area contributed by atoms with E-state index in [2.05, 4.69) is 26.0 Å². The Morgan fingerprint density at radius 3 is 2.28 bits per heavy atom. The molecule has 0 aliphatic rings. The van der Waals surface area contributed by atoms with E-state index in [1.54, 1.807) is 36.4 Å². The Morgan fingerprint density at radius 1 is 0.931 bits per heavy atom. The quantitative estimate of drug-likeness (QED) is 0.500. The molecule has 0 atom stereocenters. The van der Waals surface area contributed by atoms with Crippen LogP contribution in [0.1, 0.15) is 17.5 Å². The molecule has 3 rings (SSSR count). The number of hydrogen-bond acceptors (Lipinski definition) is 3. The molecule has 0 bridgehead atoms. The number of halogens is 1. The van der Waals surface area contributed by atoms with Gasteiger partial charge in [0.05, 0.1) is 4.90 Å². The van der Waals surface area contributed by atoms with Crippen LogP contribution in [0.15, 0.2) is 82.2 Å². The van der Waals surface area contributed by atoms with Crippen molar-refractivity contribution in [1.82, 2.24) is 0 Å². The first-order valence-corrected chi connectivity index (χ1v) is 11.3. The molecule has 0 saturated carbocycles. The van der Waals surface area contributed by atoms with Crippen LogP contribution in [0.3, 0.4) is 0 Å². The SMILES string of the molecule is Cc1ccc(NS(=O)(=O)c2ccc(CCC(=O)Nc3cccc(Br)c3)cc2)cc1. The first kappa shape index (κ1) is 21.1. The van der Waals surface area contributed by atoms with Gasteiger partial charge in [-0.05, 0) is 61.4 Å². The summed E-state index contributed by atoms with van der Waals surface area (Å²) in [7, 11) is -3.65. The van der Waals surface area contributed by atoms with E-state index >= 15 is 0 Å². The van der Waals surface area contributed by atoms with Gasteiger partial charge in [0.1, 0.15) is 0 Å². The maximum atomic E-state index is 12.5. The summed E-state index contributed by atoms with van der Waals surface area (Å²) in [5.74, 6) is -0.0964. The second kappa shape index (κ2) is 9.24. The Morgan fingerprint density at radius 2 is 1.62 bits per heavy atom. The molecule has 1 amide bonds. The molecule has 2 N–H and O–H groups in total. The maximum Gasteiger partial charge on any atom is 0.261 e. The lowest BCUT2D eigenvalue weighted by Crippen LogP contribution is -2.13. The molecule has 29 heavy (non-hydrogen) atoms. The highest BCUT2D eigenvalue weighted by Crippen LogP contribution is 2.19. The molecule has 0 saturated heterocycles. The molecule has 0 spiro atoms. The summed E-state index contributed by atoms with van der Waals surface area (Å²) in [5, 5.41) is 2.85. The number of hydrogen-bond donors (Lipinski definition) is 2. The van der Waals surface area contributed by atoms with Crippen molar-refractivity contribution in [3.8, 4) is 0 Å². The fourth-order valence-corrected chi connectivity index (χ4v) is 4.18. The van der Waals surface area contributed by atoms with Gasteiger partial charge in [0, 0.05) is 22.3 Å². The lowest BCUT2D eigenvalue weighted by Gasteiger charge is -2.09. The van der Waals surface area contributed by atoms with Crippen molar-refractivity contribution in [3.05, 3.63) is 88.4 Å². The maximum absolute atomic E-state index is 12.5. The van der Waals surface area contributed by atoms with Crippen molar-refractivity contribution in [2.24, 2.45) is 0 Å². The van der Waals surface area contributed by atoms with Crippen LogP contribution in [0.25, 0.3) is 0 Å². The number of rotatable bonds is 7. The van der Waals surface area contributed by atoms with E-state index in [0.717, 1.165) is 21.3 Å². The minimum absolute atomic E-state index is 0.0964. The van der Waals surface area contributed by atoms with Crippen LogP contribution in [0.5, 0.6) is 0 Å². The van der Waals surface area contributed by atoms with E-state index < -0.39 is 10.0 Å². The molecule has 0 heterocycles. The minimum atomic E-state index is -3.65. The van der Waals surface area contributed by atoms with Gasteiger partial charge in [-0.1, -0.05) is 51.8 Å². The Balaban J connectivity index is 1.58. The number of sulfonamides is 1. The number of benzene rings is 3. The molecule has 7 heteroatoms. The summed E-state index contributed by atoms with van der Waals surface area (Å²) in [4.78, 5) is 12.3. The highest BCUT2D eigenvalue weighted by molar-refractivity contribution is 9.10. The average molecular weight is 473 g/mol. The van der Waals surface area contributed by atoms with Gasteiger partial charge in [0.25, 0.3) is 10.0 Å². The first-order valence-electron chi connectivity index (χ1n) is 9.06. The van der Waals surface area contributed by atoms with Crippen LogP contribution in [-0.4, -0.2) is 14.3 Å². The smallest absolute Gasteiger partial charge is 0.261 e. The van der Waals surface area contributed by atoms with E-state index in [1.165, 1.54) is 0 Å². The van der Waals surface area contributed by atoms with Crippen molar-refractivity contribution in [2.75, 3.05) is 10.0 Å². The zero-order valence-electron chi connectivity index (χ0n) is 15.9. The van der Waals surface area contributed by atoms with E-state index in [-0.39, 0.29) is 10.8 Å². The van der Waals surface area contributed by atoms with Crippen LogP contribution in [0.2, 0.25) is 0 Å². The zero-order valence-corrected chi connectivity index (χ0v) is 18.3. The first-order chi connectivity index (χ1) is 13.8. The summed E-state index contributed by atoms with van der Waals surface area (Å²) >= 11 is 3.37. The third kappa shape index (κ3) is 6.17. The standard InChI is InChI=1S/C22H21BrN2O3S/c1-16-5-10-19(11-6-16)25-29(27,28)21-12-7-17(8-13-21)9-14-22(26)24-20-4-2-3-18(23)15-20/h2-8,10-13,15,25H,9,14H2,1H3,(H,24,26). The van der Waals surface area contributed by atoms with E-state index in [0.29, 0.717) is 18.5 Å². The highest BCUT2D eigenvalue weighted by Gasteiger charge is 2.14. The van der Waals surface area contributed by atoms with Crippen molar-refractivity contribution in [3.63, 3.8) is 0 Å². The Labute approximate surface area is 179 Å². The Hall–Kier alpha value is -2.64. The average Bonchev–Trinajstić information content (AvgIpc) is 2.68. The van der Waals surface area contributed by atoms with E-state index in [4.69, 9.17) is 0 Å². The van der Waals surface area contributed by atoms with Gasteiger partial charge in [-0.2, -0.15) is 0 Å². The number of nitrogens with one attached hydrogen (secondary N) is 2. The minimum Gasteiger partial charge on any atom is -0.326 e. The predicted molar refractivity (Wildman–Crippen MR) is 120 cm³/mol. The summed E-state index contributed by atoms with van der Waals surface area (Å²) in [6.07, 6.45) is 0.825. The molecule has 0 radical (unpaired) electrons. The molecule has 0 aromatic heterocycles. The molecule has 0 unspecified atom stereocenters. The summed E-state index contributed by atoms with van der Waals surface area (Å²) in [6, 6.07) is 21.1. The van der Waals surface area contributed by atoms with E-state index in [1.807, 2.05) is 43.3 Å². The molecule has 150 valence electrons. The van der Waals surface area contributed by atoms with Gasteiger partial charge < -0.3 is 5.32 Å². The van der Waals surface area contributed by atoms with Gasteiger partial charge in [-0.15, -0.1) is 0 Å².